The number of carbonyl (C=O) groups is 1. The summed E-state index contributed by atoms with van der Waals surface area (Å²) in [5, 5.41) is 4.66. The minimum absolute atomic E-state index is 0.107. The van der Waals surface area contributed by atoms with Crippen molar-refractivity contribution in [3.63, 3.8) is 0 Å². The highest BCUT2D eigenvalue weighted by atomic mass is 79.9. The molecule has 1 N–H and O–H groups in total. The number of anilines is 1. The van der Waals surface area contributed by atoms with Gasteiger partial charge in [-0.05, 0) is 52.7 Å². The Kier molecular flexibility index (Phi) is 4.99. The van der Waals surface area contributed by atoms with Gasteiger partial charge in [-0.15, -0.1) is 11.3 Å². The molecular formula is C14H14BrNO2S. The highest BCUT2D eigenvalue weighted by Crippen LogP contribution is 2.22. The Morgan fingerprint density at radius 1 is 1.37 bits per heavy atom. The van der Waals surface area contributed by atoms with E-state index in [1.54, 1.807) is 6.07 Å². The topological polar surface area (TPSA) is 38.3 Å². The monoisotopic (exact) mass is 339 g/mol. The number of hydrogen-bond acceptors (Lipinski definition) is 3. The lowest BCUT2D eigenvalue weighted by Gasteiger charge is -2.07. The molecule has 1 aromatic carbocycles. The van der Waals surface area contributed by atoms with E-state index in [0.717, 1.165) is 21.6 Å². The van der Waals surface area contributed by atoms with Crippen molar-refractivity contribution in [1.29, 1.82) is 0 Å². The number of hydrogen-bond donors (Lipinski definition) is 1. The van der Waals surface area contributed by atoms with E-state index in [4.69, 9.17) is 4.74 Å². The highest BCUT2D eigenvalue weighted by Gasteiger charge is 2.08. The van der Waals surface area contributed by atoms with Crippen LogP contribution in [-0.4, -0.2) is 12.5 Å². The number of rotatable bonds is 5. The minimum atomic E-state index is -0.107. The SMILES string of the molecule is CCCOc1ccc(NC(=O)c2csc(Br)c2)cc1. The second kappa shape index (κ2) is 6.73. The summed E-state index contributed by atoms with van der Waals surface area (Å²) in [5.74, 6) is 0.710. The van der Waals surface area contributed by atoms with Crippen LogP contribution in [0.5, 0.6) is 5.75 Å². The van der Waals surface area contributed by atoms with Crippen molar-refractivity contribution in [3.05, 3.63) is 45.1 Å². The predicted octanol–water partition coefficient (Wildman–Crippen LogP) is 4.55. The Morgan fingerprint density at radius 2 is 2.11 bits per heavy atom. The summed E-state index contributed by atoms with van der Waals surface area (Å²) >= 11 is 4.83. The summed E-state index contributed by atoms with van der Waals surface area (Å²) in [6.45, 7) is 2.77. The van der Waals surface area contributed by atoms with Gasteiger partial charge in [0.2, 0.25) is 0 Å². The first-order valence-corrected chi connectivity index (χ1v) is 7.64. The molecule has 0 radical (unpaired) electrons. The van der Waals surface area contributed by atoms with E-state index in [9.17, 15) is 4.79 Å². The van der Waals surface area contributed by atoms with Crippen molar-refractivity contribution in [1.82, 2.24) is 0 Å². The van der Waals surface area contributed by atoms with Crippen LogP contribution in [0.15, 0.2) is 39.5 Å². The molecule has 5 heteroatoms. The van der Waals surface area contributed by atoms with Gasteiger partial charge >= 0.3 is 0 Å². The molecular weight excluding hydrogens is 326 g/mol. The summed E-state index contributed by atoms with van der Waals surface area (Å²) < 4.78 is 6.43. The van der Waals surface area contributed by atoms with E-state index in [1.165, 1.54) is 11.3 Å². The van der Waals surface area contributed by atoms with Crippen LogP contribution in [0, 0.1) is 0 Å². The molecule has 0 saturated heterocycles. The molecule has 0 bridgehead atoms. The molecule has 1 amide bonds. The quantitative estimate of drug-likeness (QED) is 0.867. The third-order valence-electron chi connectivity index (χ3n) is 2.41. The lowest BCUT2D eigenvalue weighted by molar-refractivity contribution is 0.102. The molecule has 2 aromatic rings. The third-order valence-corrected chi connectivity index (χ3v) is 3.92. The number of nitrogens with one attached hydrogen (secondary N) is 1. The highest BCUT2D eigenvalue weighted by molar-refractivity contribution is 9.11. The van der Waals surface area contributed by atoms with Gasteiger partial charge < -0.3 is 10.1 Å². The summed E-state index contributed by atoms with van der Waals surface area (Å²) in [6, 6.07) is 9.19. The molecule has 0 fully saturated rings. The van der Waals surface area contributed by atoms with E-state index in [-0.39, 0.29) is 5.91 Å². The van der Waals surface area contributed by atoms with Crippen LogP contribution in [0.3, 0.4) is 0 Å². The zero-order valence-electron chi connectivity index (χ0n) is 10.5. The van der Waals surface area contributed by atoms with Gasteiger partial charge in [0.25, 0.3) is 5.91 Å². The number of amides is 1. The number of benzene rings is 1. The Hall–Kier alpha value is -1.33. The van der Waals surface area contributed by atoms with Gasteiger partial charge in [0.05, 0.1) is 16.0 Å². The van der Waals surface area contributed by atoms with Crippen LogP contribution in [0.25, 0.3) is 0 Å². The molecule has 0 aliphatic heterocycles. The lowest BCUT2D eigenvalue weighted by atomic mass is 10.2. The number of carbonyl (C=O) groups excluding carboxylic acids is 1. The Balaban J connectivity index is 1.97. The minimum Gasteiger partial charge on any atom is -0.494 e. The third kappa shape index (κ3) is 4.08. The number of thiophene rings is 1. The maximum Gasteiger partial charge on any atom is 0.256 e. The maximum atomic E-state index is 11.9. The molecule has 0 atom stereocenters. The van der Waals surface area contributed by atoms with Gasteiger partial charge in [-0.25, -0.2) is 0 Å². The first kappa shape index (κ1) is 14.1. The van der Waals surface area contributed by atoms with Gasteiger partial charge in [0.15, 0.2) is 0 Å². The smallest absolute Gasteiger partial charge is 0.256 e. The van der Waals surface area contributed by atoms with Crippen molar-refractivity contribution in [2.24, 2.45) is 0 Å². The Morgan fingerprint density at radius 3 is 2.68 bits per heavy atom. The fraction of sp³-hybridized carbons (Fsp3) is 0.214. The second-order valence-corrected chi connectivity index (χ2v) is 6.26. The van der Waals surface area contributed by atoms with Gasteiger partial charge in [-0.3, -0.25) is 4.79 Å². The Bertz CT molecular complexity index is 551. The molecule has 0 unspecified atom stereocenters. The molecule has 0 aliphatic carbocycles. The van der Waals surface area contributed by atoms with E-state index >= 15 is 0 Å². The first-order chi connectivity index (χ1) is 9.19. The number of ether oxygens (including phenoxy) is 1. The fourth-order valence-electron chi connectivity index (χ4n) is 1.49. The molecule has 0 aliphatic rings. The second-order valence-electron chi connectivity index (χ2n) is 3.97. The molecule has 3 nitrogen and oxygen atoms in total. The molecule has 19 heavy (non-hydrogen) atoms. The van der Waals surface area contributed by atoms with E-state index < -0.39 is 0 Å². The first-order valence-electron chi connectivity index (χ1n) is 5.97. The summed E-state index contributed by atoms with van der Waals surface area (Å²) in [4.78, 5) is 11.9. The van der Waals surface area contributed by atoms with Crippen LogP contribution in [0.4, 0.5) is 5.69 Å². The van der Waals surface area contributed by atoms with Crippen molar-refractivity contribution < 1.29 is 9.53 Å². The zero-order chi connectivity index (χ0) is 13.7. The zero-order valence-corrected chi connectivity index (χ0v) is 12.9. The summed E-state index contributed by atoms with van der Waals surface area (Å²) in [6.07, 6.45) is 0.978. The van der Waals surface area contributed by atoms with Crippen LogP contribution in [0.2, 0.25) is 0 Å². The fourth-order valence-corrected chi connectivity index (χ4v) is 2.62. The van der Waals surface area contributed by atoms with Crippen molar-refractivity contribution in [3.8, 4) is 5.75 Å². The van der Waals surface area contributed by atoms with Crippen LogP contribution < -0.4 is 10.1 Å². The molecule has 100 valence electrons. The average Bonchev–Trinajstić information content (AvgIpc) is 2.85. The maximum absolute atomic E-state index is 11.9. The molecule has 2 rings (SSSR count). The van der Waals surface area contributed by atoms with E-state index in [2.05, 4.69) is 28.2 Å². The standard InChI is InChI=1S/C14H14BrNO2S/c1-2-7-18-12-5-3-11(4-6-12)16-14(17)10-8-13(15)19-9-10/h3-6,8-9H,2,7H2,1H3,(H,16,17). The Labute approximate surface area is 124 Å². The van der Waals surface area contributed by atoms with Crippen LogP contribution >= 0.6 is 27.3 Å². The molecule has 0 saturated carbocycles. The lowest BCUT2D eigenvalue weighted by Crippen LogP contribution is -2.10. The van der Waals surface area contributed by atoms with Crippen LogP contribution in [0.1, 0.15) is 23.7 Å². The predicted molar refractivity (Wildman–Crippen MR) is 82.2 cm³/mol. The van der Waals surface area contributed by atoms with E-state index in [1.807, 2.05) is 29.6 Å². The van der Waals surface area contributed by atoms with Crippen molar-refractivity contribution in [2.75, 3.05) is 11.9 Å². The van der Waals surface area contributed by atoms with Crippen molar-refractivity contribution >= 4 is 38.9 Å². The van der Waals surface area contributed by atoms with Crippen LogP contribution in [-0.2, 0) is 0 Å². The summed E-state index contributed by atoms with van der Waals surface area (Å²) in [7, 11) is 0. The van der Waals surface area contributed by atoms with Gasteiger partial charge in [-0.1, -0.05) is 6.92 Å². The largest absolute Gasteiger partial charge is 0.494 e. The number of halogens is 1. The average molecular weight is 340 g/mol. The van der Waals surface area contributed by atoms with Crippen molar-refractivity contribution in [2.45, 2.75) is 13.3 Å². The van der Waals surface area contributed by atoms with E-state index in [0.29, 0.717) is 12.2 Å². The molecule has 1 aromatic heterocycles. The van der Waals surface area contributed by atoms with Gasteiger partial charge in [0, 0.05) is 11.1 Å². The van der Waals surface area contributed by atoms with Gasteiger partial charge in [-0.2, -0.15) is 0 Å². The molecule has 1 heterocycles. The summed E-state index contributed by atoms with van der Waals surface area (Å²) in [5.41, 5.74) is 1.42. The normalized spacial score (nSPS) is 10.2. The molecule has 0 spiro atoms. The van der Waals surface area contributed by atoms with Gasteiger partial charge in [0.1, 0.15) is 5.75 Å².